The van der Waals surface area contributed by atoms with Crippen LogP contribution < -0.4 is 9.47 Å². The highest BCUT2D eigenvalue weighted by molar-refractivity contribution is 5.43. The second-order valence-electron chi connectivity index (χ2n) is 12.0. The van der Waals surface area contributed by atoms with E-state index in [1.807, 2.05) is 0 Å². The van der Waals surface area contributed by atoms with Crippen LogP contribution in [0.15, 0.2) is 36.4 Å². The molecule has 0 aromatic heterocycles. The Bertz CT molecular complexity index is 1200. The molecule has 48 heavy (non-hydrogen) atoms. The molecule has 2 aromatic carbocycles. The Morgan fingerprint density at radius 2 is 0.958 bits per heavy atom. The van der Waals surface area contributed by atoms with Crippen molar-refractivity contribution in [2.45, 2.75) is 74.3 Å². The first kappa shape index (κ1) is 38.0. The smallest absolute Gasteiger partial charge is 0.186 e. The van der Waals surface area contributed by atoms with E-state index in [0.717, 1.165) is 0 Å². The Morgan fingerprint density at radius 3 is 1.29 bits per heavy atom. The Hall–Kier alpha value is -2.84. The molecule has 0 radical (unpaired) electrons. The van der Waals surface area contributed by atoms with E-state index in [0.29, 0.717) is 11.1 Å². The van der Waals surface area contributed by atoms with Gasteiger partial charge in [-0.25, -0.2) is 0 Å². The van der Waals surface area contributed by atoms with Gasteiger partial charge in [-0.3, -0.25) is 0 Å². The quantitative estimate of drug-likeness (QED) is 0.0951. The highest BCUT2D eigenvalue weighted by Gasteiger charge is 2.46. The first-order valence-corrected chi connectivity index (χ1v) is 15.5. The second-order valence-corrected chi connectivity index (χ2v) is 12.0. The van der Waals surface area contributed by atoms with E-state index in [1.165, 1.54) is 26.4 Å². The summed E-state index contributed by atoms with van der Waals surface area (Å²) in [6.45, 7) is -1.63. The second kappa shape index (κ2) is 17.2. The molecule has 4 rings (SSSR count). The summed E-state index contributed by atoms with van der Waals surface area (Å²) >= 11 is 0. The number of aromatic hydroxyl groups is 2. The highest BCUT2D eigenvalue weighted by Crippen LogP contribution is 2.34. The maximum atomic E-state index is 10.6. The van der Waals surface area contributed by atoms with Crippen LogP contribution in [0.1, 0.15) is 11.1 Å². The predicted molar refractivity (Wildman–Crippen MR) is 163 cm³/mol. The van der Waals surface area contributed by atoms with Crippen LogP contribution in [0.3, 0.4) is 0 Å². The standard InChI is InChI=1S/C32H46O16/c1-43-21-9-15(3-5-19(21)35)7-17(13-45-31-29(41)27(39)25(37)23(11-33)47-31)18(8-16-4-6-20(36)22(10-16)44-2)14-46-32-30(42)28(40)26(38)24(12-34)48-32/h3-6,9-10,17-18,23-42H,7-8,11-14H2,1-2H3/t17-,18-,23-,24+,25-,26-,27+,28-,29-,30-,31-,32+/m0/s1. The first-order chi connectivity index (χ1) is 22.9. The number of hydrogen-bond donors (Lipinski definition) is 10. The minimum absolute atomic E-state index is 0.0888. The summed E-state index contributed by atoms with van der Waals surface area (Å²) < 4.78 is 33.6. The lowest BCUT2D eigenvalue weighted by atomic mass is 9.83. The zero-order chi connectivity index (χ0) is 35.1. The largest absolute Gasteiger partial charge is 0.504 e. The van der Waals surface area contributed by atoms with Gasteiger partial charge < -0.3 is 79.5 Å². The average Bonchev–Trinajstić information content (AvgIpc) is 3.09. The number of rotatable bonds is 15. The number of phenolic OH excluding ortho intramolecular Hbond substituents is 2. The summed E-state index contributed by atoms with van der Waals surface area (Å²) in [5.74, 6) is -0.854. The Labute approximate surface area is 276 Å². The van der Waals surface area contributed by atoms with Gasteiger partial charge in [-0.05, 0) is 60.1 Å². The Morgan fingerprint density at radius 1 is 0.583 bits per heavy atom. The van der Waals surface area contributed by atoms with Gasteiger partial charge in [-0.15, -0.1) is 0 Å². The van der Waals surface area contributed by atoms with Crippen molar-refractivity contribution in [3.8, 4) is 23.0 Å². The molecule has 270 valence electrons. The van der Waals surface area contributed by atoms with Crippen molar-refractivity contribution in [1.82, 2.24) is 0 Å². The topological polar surface area (TPSA) is 258 Å². The van der Waals surface area contributed by atoms with Crippen molar-refractivity contribution >= 4 is 0 Å². The summed E-state index contributed by atoms with van der Waals surface area (Å²) in [4.78, 5) is 0. The zero-order valence-corrected chi connectivity index (χ0v) is 26.6. The number of aliphatic hydroxyl groups is 8. The van der Waals surface area contributed by atoms with Crippen LogP contribution in [0.5, 0.6) is 23.0 Å². The van der Waals surface area contributed by atoms with Crippen molar-refractivity contribution in [3.63, 3.8) is 0 Å². The normalized spacial score (nSPS) is 32.0. The third-order valence-electron chi connectivity index (χ3n) is 8.80. The maximum Gasteiger partial charge on any atom is 0.186 e. The van der Waals surface area contributed by atoms with Gasteiger partial charge in [0, 0.05) is 0 Å². The average molecular weight is 687 g/mol. The van der Waals surface area contributed by atoms with Crippen LogP contribution in [-0.4, -0.2) is 153 Å². The first-order valence-electron chi connectivity index (χ1n) is 15.5. The number of phenols is 2. The molecule has 0 aliphatic carbocycles. The van der Waals surface area contributed by atoms with Gasteiger partial charge in [-0.2, -0.15) is 0 Å². The summed E-state index contributed by atoms with van der Waals surface area (Å²) in [5.41, 5.74) is 1.38. The summed E-state index contributed by atoms with van der Waals surface area (Å²) in [7, 11) is 2.79. The van der Waals surface area contributed by atoms with E-state index in [2.05, 4.69) is 0 Å². The lowest BCUT2D eigenvalue weighted by Gasteiger charge is -2.41. The van der Waals surface area contributed by atoms with Crippen molar-refractivity contribution in [2.24, 2.45) is 11.8 Å². The predicted octanol–water partition coefficient (Wildman–Crippen LogP) is -2.23. The lowest BCUT2D eigenvalue weighted by Crippen LogP contribution is -2.59. The van der Waals surface area contributed by atoms with E-state index in [9.17, 15) is 51.1 Å². The van der Waals surface area contributed by atoms with Gasteiger partial charge in [0.25, 0.3) is 0 Å². The van der Waals surface area contributed by atoms with Gasteiger partial charge >= 0.3 is 0 Å². The van der Waals surface area contributed by atoms with Crippen molar-refractivity contribution in [1.29, 1.82) is 0 Å². The summed E-state index contributed by atoms with van der Waals surface area (Å²) in [5, 5.41) is 102. The lowest BCUT2D eigenvalue weighted by molar-refractivity contribution is -0.308. The highest BCUT2D eigenvalue weighted by atomic mass is 16.7. The molecule has 0 unspecified atom stereocenters. The van der Waals surface area contributed by atoms with Gasteiger partial charge in [-0.1, -0.05) is 12.1 Å². The molecule has 16 heteroatoms. The molecule has 0 spiro atoms. The number of aliphatic hydroxyl groups excluding tert-OH is 8. The van der Waals surface area contributed by atoms with Gasteiger partial charge in [0.2, 0.25) is 0 Å². The molecule has 2 saturated heterocycles. The minimum atomic E-state index is -1.67. The molecule has 12 atom stereocenters. The maximum absolute atomic E-state index is 10.6. The minimum Gasteiger partial charge on any atom is -0.504 e. The molecule has 0 bridgehead atoms. The molecule has 2 heterocycles. The molecular weight excluding hydrogens is 640 g/mol. The van der Waals surface area contributed by atoms with Gasteiger partial charge in [0.1, 0.15) is 48.8 Å². The molecule has 2 aromatic rings. The van der Waals surface area contributed by atoms with E-state index in [-0.39, 0.29) is 49.1 Å². The van der Waals surface area contributed by atoms with E-state index >= 15 is 0 Å². The molecule has 2 aliphatic heterocycles. The molecule has 2 aliphatic rings. The van der Waals surface area contributed by atoms with E-state index in [4.69, 9.17) is 28.4 Å². The fourth-order valence-corrected chi connectivity index (χ4v) is 5.87. The van der Waals surface area contributed by atoms with Crippen molar-refractivity contribution in [3.05, 3.63) is 47.5 Å². The van der Waals surface area contributed by atoms with Crippen LogP contribution in [0.25, 0.3) is 0 Å². The SMILES string of the molecule is COc1cc(C[C@@H](CO[C@@H]2O[C@H](CO)[C@H](O)[C@H](O)[C@@H]2O)[C@H](CO[C@H]2O[C@@H](CO)[C@H](O)[C@@H](O)[C@@H]2O)Cc2ccc(O)c(OC)c2)ccc1O. The monoisotopic (exact) mass is 686 g/mol. The molecule has 10 N–H and O–H groups in total. The van der Waals surface area contributed by atoms with Crippen LogP contribution in [0.2, 0.25) is 0 Å². The fourth-order valence-electron chi connectivity index (χ4n) is 5.87. The summed E-state index contributed by atoms with van der Waals surface area (Å²) in [6, 6.07) is 9.47. The van der Waals surface area contributed by atoms with E-state index in [1.54, 1.807) is 24.3 Å². The Balaban J connectivity index is 1.66. The van der Waals surface area contributed by atoms with Crippen LogP contribution in [-0.2, 0) is 31.8 Å². The molecule has 16 nitrogen and oxygen atoms in total. The molecule has 0 amide bonds. The van der Waals surface area contributed by atoms with E-state index < -0.39 is 86.5 Å². The van der Waals surface area contributed by atoms with Crippen molar-refractivity contribution < 1.29 is 79.5 Å². The van der Waals surface area contributed by atoms with Crippen LogP contribution in [0.4, 0.5) is 0 Å². The van der Waals surface area contributed by atoms with Crippen molar-refractivity contribution in [2.75, 3.05) is 40.6 Å². The third-order valence-corrected chi connectivity index (χ3v) is 8.80. The number of methoxy groups -OCH3 is 2. The van der Waals surface area contributed by atoms with Crippen LogP contribution in [0, 0.1) is 11.8 Å². The molecular formula is C32H46O16. The number of hydrogen-bond acceptors (Lipinski definition) is 16. The zero-order valence-electron chi connectivity index (χ0n) is 26.6. The van der Waals surface area contributed by atoms with Gasteiger partial charge in [0.15, 0.2) is 35.6 Å². The molecule has 2 fully saturated rings. The van der Waals surface area contributed by atoms with Gasteiger partial charge in [0.05, 0.1) is 40.6 Å². The summed E-state index contributed by atoms with van der Waals surface area (Å²) in [6.07, 6.45) is -14.7. The number of benzene rings is 2. The molecule has 0 saturated carbocycles. The number of ether oxygens (including phenoxy) is 6. The van der Waals surface area contributed by atoms with Crippen LogP contribution >= 0.6 is 0 Å². The Kier molecular flexibility index (Phi) is 13.6. The third kappa shape index (κ3) is 8.84. The fraction of sp³-hybridized carbons (Fsp3) is 0.625.